The van der Waals surface area contributed by atoms with E-state index in [1.54, 1.807) is 48.5 Å². The molecule has 2 aromatic carbocycles. The third-order valence-electron chi connectivity index (χ3n) is 4.90. The summed E-state index contributed by atoms with van der Waals surface area (Å²) in [6.45, 7) is 2.41. The maximum absolute atomic E-state index is 12.7. The maximum Gasteiger partial charge on any atom is 0.270 e. The van der Waals surface area contributed by atoms with E-state index in [1.165, 1.54) is 4.31 Å². The lowest BCUT2D eigenvalue weighted by Gasteiger charge is -2.30. The highest BCUT2D eigenvalue weighted by molar-refractivity contribution is 9.10. The number of halogens is 1. The van der Waals surface area contributed by atoms with Crippen molar-refractivity contribution in [3.63, 3.8) is 0 Å². The number of carbonyl (C=O) groups is 2. The van der Waals surface area contributed by atoms with Crippen molar-refractivity contribution in [3.05, 3.63) is 64.1 Å². The Labute approximate surface area is 178 Å². The Hall–Kier alpha value is -2.23. The van der Waals surface area contributed by atoms with Gasteiger partial charge in [0.1, 0.15) is 0 Å². The van der Waals surface area contributed by atoms with E-state index >= 15 is 0 Å². The summed E-state index contributed by atoms with van der Waals surface area (Å²) < 4.78 is 27.5. The van der Waals surface area contributed by atoms with Crippen LogP contribution in [-0.4, -0.2) is 37.6 Å². The van der Waals surface area contributed by atoms with Gasteiger partial charge in [-0.25, -0.2) is 8.42 Å². The van der Waals surface area contributed by atoms with Crippen LogP contribution in [0.1, 0.15) is 28.8 Å². The minimum atomic E-state index is -3.57. The molecule has 1 aliphatic rings. The molecule has 0 bridgehead atoms. The van der Waals surface area contributed by atoms with Gasteiger partial charge in [0.2, 0.25) is 15.9 Å². The van der Waals surface area contributed by atoms with Crippen molar-refractivity contribution in [1.82, 2.24) is 15.2 Å². The standard InChI is InChI=1S/C20H22BrN3O4S/c1-14-6-8-16(9-7-14)29(27,28)24-12-10-15(11-13-24)19(25)22-23-20(26)17-4-2-3-5-18(17)21/h2-9,15H,10-13H2,1H3,(H,22,25)(H,23,26). The highest BCUT2D eigenvalue weighted by Crippen LogP contribution is 2.24. The van der Waals surface area contributed by atoms with Crippen molar-refractivity contribution in [3.8, 4) is 0 Å². The first kappa shape index (κ1) is 21.5. The first-order valence-electron chi connectivity index (χ1n) is 9.20. The fraction of sp³-hybridized carbons (Fsp3) is 0.300. The molecule has 1 heterocycles. The number of nitrogens with one attached hydrogen (secondary N) is 2. The number of rotatable bonds is 4. The number of piperidine rings is 1. The molecule has 2 N–H and O–H groups in total. The van der Waals surface area contributed by atoms with Gasteiger partial charge in [0, 0.05) is 23.5 Å². The van der Waals surface area contributed by atoms with Crippen molar-refractivity contribution < 1.29 is 18.0 Å². The number of sulfonamides is 1. The summed E-state index contributed by atoms with van der Waals surface area (Å²) in [5.74, 6) is -1.11. The Kier molecular flexibility index (Phi) is 6.71. The number of carbonyl (C=O) groups excluding carboxylic acids is 2. The minimum absolute atomic E-state index is 0.256. The molecular formula is C20H22BrN3O4S. The van der Waals surface area contributed by atoms with Crippen LogP contribution < -0.4 is 10.9 Å². The summed E-state index contributed by atoms with van der Waals surface area (Å²) in [6.07, 6.45) is 0.781. The van der Waals surface area contributed by atoms with Gasteiger partial charge in [0.25, 0.3) is 5.91 Å². The van der Waals surface area contributed by atoms with Crippen molar-refractivity contribution in [1.29, 1.82) is 0 Å². The summed E-state index contributed by atoms with van der Waals surface area (Å²) in [5.41, 5.74) is 6.25. The monoisotopic (exact) mass is 479 g/mol. The second-order valence-electron chi connectivity index (χ2n) is 6.91. The second kappa shape index (κ2) is 9.06. The normalized spacial score (nSPS) is 15.7. The zero-order chi connectivity index (χ0) is 21.0. The number of aryl methyl sites for hydroxylation is 1. The summed E-state index contributed by atoms with van der Waals surface area (Å²) >= 11 is 3.29. The molecule has 7 nitrogen and oxygen atoms in total. The topological polar surface area (TPSA) is 95.6 Å². The van der Waals surface area contributed by atoms with Crippen LogP contribution in [0.4, 0.5) is 0 Å². The molecule has 0 aromatic heterocycles. The smallest absolute Gasteiger partial charge is 0.270 e. The summed E-state index contributed by atoms with van der Waals surface area (Å²) in [5, 5.41) is 0. The van der Waals surface area contributed by atoms with Crippen molar-refractivity contribution >= 4 is 37.8 Å². The fourth-order valence-corrected chi connectivity index (χ4v) is 5.09. The average Bonchev–Trinajstić information content (AvgIpc) is 2.72. The summed E-state index contributed by atoms with van der Waals surface area (Å²) in [7, 11) is -3.57. The third-order valence-corrected chi connectivity index (χ3v) is 7.51. The molecule has 1 saturated heterocycles. The zero-order valence-corrected chi connectivity index (χ0v) is 18.3. The lowest BCUT2D eigenvalue weighted by atomic mass is 9.98. The van der Waals surface area contributed by atoms with Crippen molar-refractivity contribution in [2.45, 2.75) is 24.7 Å². The van der Waals surface area contributed by atoms with Crippen LogP contribution in [0.5, 0.6) is 0 Å². The number of nitrogens with zero attached hydrogens (tertiary/aromatic N) is 1. The molecule has 2 amide bonds. The maximum atomic E-state index is 12.7. The van der Waals surface area contributed by atoms with E-state index in [0.29, 0.717) is 22.9 Å². The Bertz CT molecular complexity index is 1000. The van der Waals surface area contributed by atoms with E-state index in [2.05, 4.69) is 26.8 Å². The highest BCUT2D eigenvalue weighted by Gasteiger charge is 2.32. The summed E-state index contributed by atoms with van der Waals surface area (Å²) in [6, 6.07) is 13.6. The van der Waals surface area contributed by atoms with Crippen LogP contribution in [0.2, 0.25) is 0 Å². The van der Waals surface area contributed by atoms with E-state index in [4.69, 9.17) is 0 Å². The quantitative estimate of drug-likeness (QED) is 0.658. The Morgan fingerprint density at radius 2 is 1.62 bits per heavy atom. The van der Waals surface area contributed by atoms with Crippen LogP contribution in [0.15, 0.2) is 57.9 Å². The summed E-state index contributed by atoms with van der Waals surface area (Å²) in [4.78, 5) is 24.8. The molecule has 1 fully saturated rings. The van der Waals surface area contributed by atoms with Crippen LogP contribution in [-0.2, 0) is 14.8 Å². The Morgan fingerprint density at radius 1 is 1.00 bits per heavy atom. The number of hydrogen-bond acceptors (Lipinski definition) is 4. The van der Waals surface area contributed by atoms with Gasteiger partial charge in [-0.1, -0.05) is 29.8 Å². The molecule has 29 heavy (non-hydrogen) atoms. The van der Waals surface area contributed by atoms with Gasteiger partial charge in [0.15, 0.2) is 0 Å². The molecule has 154 valence electrons. The zero-order valence-electron chi connectivity index (χ0n) is 15.9. The van der Waals surface area contributed by atoms with Crippen LogP contribution >= 0.6 is 15.9 Å². The van der Waals surface area contributed by atoms with Gasteiger partial charge in [-0.15, -0.1) is 0 Å². The molecule has 0 atom stereocenters. The van der Waals surface area contributed by atoms with Crippen molar-refractivity contribution in [2.24, 2.45) is 5.92 Å². The molecule has 2 aromatic rings. The van der Waals surface area contributed by atoms with Crippen molar-refractivity contribution in [2.75, 3.05) is 13.1 Å². The number of hydrazine groups is 1. The molecule has 3 rings (SSSR count). The van der Waals surface area contributed by atoms with Crippen LogP contribution in [0, 0.1) is 12.8 Å². The van der Waals surface area contributed by atoms with Gasteiger partial charge < -0.3 is 0 Å². The van der Waals surface area contributed by atoms with E-state index in [-0.39, 0.29) is 29.8 Å². The predicted octanol–water partition coefficient (Wildman–Crippen LogP) is 2.62. The molecule has 9 heteroatoms. The molecule has 0 spiro atoms. The van der Waals surface area contributed by atoms with E-state index < -0.39 is 15.9 Å². The van der Waals surface area contributed by atoms with Gasteiger partial charge in [0.05, 0.1) is 10.5 Å². The second-order valence-corrected chi connectivity index (χ2v) is 9.71. The molecular weight excluding hydrogens is 458 g/mol. The largest absolute Gasteiger partial charge is 0.273 e. The Balaban J connectivity index is 1.53. The highest BCUT2D eigenvalue weighted by atomic mass is 79.9. The lowest BCUT2D eigenvalue weighted by Crippen LogP contribution is -2.48. The van der Waals surface area contributed by atoms with E-state index in [0.717, 1.165) is 5.56 Å². The average molecular weight is 480 g/mol. The number of amides is 2. The van der Waals surface area contributed by atoms with E-state index in [1.807, 2.05) is 6.92 Å². The Morgan fingerprint density at radius 3 is 2.24 bits per heavy atom. The molecule has 0 unspecified atom stereocenters. The van der Waals surface area contributed by atoms with Gasteiger partial charge >= 0.3 is 0 Å². The van der Waals surface area contributed by atoms with Gasteiger partial charge in [-0.3, -0.25) is 20.4 Å². The first-order valence-corrected chi connectivity index (χ1v) is 11.4. The molecule has 1 aliphatic heterocycles. The third kappa shape index (κ3) is 5.04. The minimum Gasteiger partial charge on any atom is -0.273 e. The number of hydrogen-bond donors (Lipinski definition) is 2. The molecule has 0 radical (unpaired) electrons. The fourth-order valence-electron chi connectivity index (χ4n) is 3.15. The molecule has 0 saturated carbocycles. The SMILES string of the molecule is Cc1ccc(S(=O)(=O)N2CCC(C(=O)NNC(=O)c3ccccc3Br)CC2)cc1. The van der Waals surface area contributed by atoms with E-state index in [9.17, 15) is 18.0 Å². The first-order chi connectivity index (χ1) is 13.8. The lowest BCUT2D eigenvalue weighted by molar-refractivity contribution is -0.126. The number of benzene rings is 2. The van der Waals surface area contributed by atoms with Crippen LogP contribution in [0.25, 0.3) is 0 Å². The van der Waals surface area contributed by atoms with Gasteiger partial charge in [-0.2, -0.15) is 4.31 Å². The van der Waals surface area contributed by atoms with Crippen LogP contribution in [0.3, 0.4) is 0 Å². The molecule has 0 aliphatic carbocycles. The predicted molar refractivity (Wildman–Crippen MR) is 112 cm³/mol. The van der Waals surface area contributed by atoms with Gasteiger partial charge in [-0.05, 0) is 60.0 Å².